The van der Waals surface area contributed by atoms with E-state index in [0.717, 1.165) is 11.6 Å². The molecule has 0 spiro atoms. The molecule has 2 rings (SSSR count). The van der Waals surface area contributed by atoms with E-state index in [0.29, 0.717) is 19.3 Å². The molecular weight excluding hydrogens is 326 g/mol. The first kappa shape index (κ1) is 19.2. The minimum atomic E-state index is -1.15. The Morgan fingerprint density at radius 3 is 2.24 bits per heavy atom. The normalized spacial score (nSPS) is 29.0. The Morgan fingerprint density at radius 1 is 1.00 bits per heavy atom. The van der Waals surface area contributed by atoms with E-state index in [2.05, 4.69) is 4.90 Å². The summed E-state index contributed by atoms with van der Waals surface area (Å²) < 4.78 is 11.0. The molecule has 7 heteroatoms. The van der Waals surface area contributed by atoms with Gasteiger partial charge in [0.05, 0.1) is 6.04 Å². The molecule has 7 nitrogen and oxygen atoms in total. The van der Waals surface area contributed by atoms with Crippen LogP contribution in [0.2, 0.25) is 0 Å². The van der Waals surface area contributed by atoms with Gasteiger partial charge in [-0.1, -0.05) is 5.57 Å². The van der Waals surface area contributed by atoms with E-state index in [1.165, 1.54) is 13.0 Å². The third kappa shape index (κ3) is 4.92. The van der Waals surface area contributed by atoms with Crippen molar-refractivity contribution in [3.05, 3.63) is 23.3 Å². The molecule has 2 heterocycles. The van der Waals surface area contributed by atoms with Crippen LogP contribution in [0.4, 0.5) is 0 Å². The van der Waals surface area contributed by atoms with E-state index in [-0.39, 0.29) is 35.8 Å². The number of fused-ring (bicyclic) bond motifs is 2. The standard InChI is InChI=1S/C18H25NO6/c1-10(2)5-16(20)25-15-8-12-7-13(9-14(15)19(12)4)24-17(21)6-11(3)18(22)23/h5-6,12-15H,7-9H2,1-4H3,(H,22,23)/b11-6+/t12-,13-,14+,15-/m1/s1. The Bertz CT molecular complexity index is 619. The molecule has 0 aliphatic carbocycles. The predicted molar refractivity (Wildman–Crippen MR) is 89.8 cm³/mol. The first-order valence-electron chi connectivity index (χ1n) is 8.37. The number of carboxylic acid groups (broad SMARTS) is 1. The number of carboxylic acids is 1. The van der Waals surface area contributed by atoms with Gasteiger partial charge in [-0.15, -0.1) is 0 Å². The summed E-state index contributed by atoms with van der Waals surface area (Å²) in [5, 5.41) is 8.81. The highest BCUT2D eigenvalue weighted by molar-refractivity contribution is 5.94. The number of likely N-dealkylation sites (N-methyl/N-ethyl adjacent to an activating group) is 1. The third-order valence-corrected chi connectivity index (χ3v) is 4.70. The molecule has 0 aromatic heterocycles. The average molecular weight is 351 g/mol. The Balaban J connectivity index is 1.97. The molecule has 2 aliphatic rings. The minimum absolute atomic E-state index is 0.00406. The van der Waals surface area contributed by atoms with E-state index in [1.807, 2.05) is 20.9 Å². The van der Waals surface area contributed by atoms with E-state index < -0.39 is 11.9 Å². The molecule has 2 saturated heterocycles. The smallest absolute Gasteiger partial charge is 0.331 e. The van der Waals surface area contributed by atoms with Gasteiger partial charge in [-0.25, -0.2) is 14.4 Å². The number of aliphatic carboxylic acids is 1. The molecule has 0 saturated carbocycles. The quantitative estimate of drug-likeness (QED) is 0.595. The van der Waals surface area contributed by atoms with Gasteiger partial charge in [0, 0.05) is 43.0 Å². The number of esters is 2. The van der Waals surface area contributed by atoms with Crippen LogP contribution in [0.25, 0.3) is 0 Å². The maximum absolute atomic E-state index is 11.9. The number of hydrogen-bond donors (Lipinski definition) is 1. The average Bonchev–Trinajstić information content (AvgIpc) is 2.66. The Kier molecular flexibility index (Phi) is 6.00. The van der Waals surface area contributed by atoms with Gasteiger partial charge in [-0.05, 0) is 27.8 Å². The number of carbonyl (C=O) groups is 3. The fraction of sp³-hybridized carbons (Fsp3) is 0.611. The van der Waals surface area contributed by atoms with Crippen molar-refractivity contribution < 1.29 is 29.0 Å². The number of piperidine rings is 1. The summed E-state index contributed by atoms with van der Waals surface area (Å²) >= 11 is 0. The maximum atomic E-state index is 11.9. The van der Waals surface area contributed by atoms with Gasteiger partial charge in [-0.2, -0.15) is 0 Å². The van der Waals surface area contributed by atoms with Crippen molar-refractivity contribution in [3.8, 4) is 0 Å². The zero-order chi connectivity index (χ0) is 18.7. The zero-order valence-corrected chi connectivity index (χ0v) is 15.0. The summed E-state index contributed by atoms with van der Waals surface area (Å²) in [5.74, 6) is -2.14. The van der Waals surface area contributed by atoms with E-state index in [9.17, 15) is 14.4 Å². The van der Waals surface area contributed by atoms with Gasteiger partial charge in [0.25, 0.3) is 0 Å². The number of rotatable bonds is 5. The minimum Gasteiger partial charge on any atom is -0.478 e. The van der Waals surface area contributed by atoms with Gasteiger partial charge in [0.15, 0.2) is 0 Å². The van der Waals surface area contributed by atoms with Crippen molar-refractivity contribution in [1.29, 1.82) is 0 Å². The number of carbonyl (C=O) groups excluding carboxylic acids is 2. The zero-order valence-electron chi connectivity index (χ0n) is 15.0. The third-order valence-electron chi connectivity index (χ3n) is 4.70. The van der Waals surface area contributed by atoms with E-state index >= 15 is 0 Å². The first-order valence-corrected chi connectivity index (χ1v) is 8.37. The van der Waals surface area contributed by atoms with Gasteiger partial charge in [0.1, 0.15) is 12.2 Å². The van der Waals surface area contributed by atoms with Gasteiger partial charge >= 0.3 is 17.9 Å². The van der Waals surface area contributed by atoms with Crippen molar-refractivity contribution in [2.45, 2.75) is 64.3 Å². The molecule has 2 aliphatic heterocycles. The fourth-order valence-electron chi connectivity index (χ4n) is 3.45. The van der Waals surface area contributed by atoms with Crippen LogP contribution >= 0.6 is 0 Å². The summed E-state index contributed by atoms with van der Waals surface area (Å²) in [7, 11) is 1.98. The number of nitrogens with zero attached hydrogens (tertiary/aromatic N) is 1. The van der Waals surface area contributed by atoms with Crippen LogP contribution in [0, 0.1) is 0 Å². The molecular formula is C18H25NO6. The van der Waals surface area contributed by atoms with Crippen LogP contribution in [0.15, 0.2) is 23.3 Å². The van der Waals surface area contributed by atoms with Gasteiger partial charge in [-0.3, -0.25) is 4.90 Å². The molecule has 0 amide bonds. The Morgan fingerprint density at radius 2 is 1.64 bits per heavy atom. The summed E-state index contributed by atoms with van der Waals surface area (Å²) in [4.78, 5) is 36.7. The van der Waals surface area contributed by atoms with Gasteiger partial charge in [0.2, 0.25) is 0 Å². The highest BCUT2D eigenvalue weighted by Gasteiger charge is 2.47. The lowest BCUT2D eigenvalue weighted by atomic mass is 10.0. The first-order chi connectivity index (χ1) is 11.7. The molecule has 0 aromatic rings. The van der Waals surface area contributed by atoms with Crippen molar-refractivity contribution in [3.63, 3.8) is 0 Å². The van der Waals surface area contributed by atoms with Crippen LogP contribution in [0.1, 0.15) is 40.0 Å². The second kappa shape index (κ2) is 7.82. The maximum Gasteiger partial charge on any atom is 0.331 e. The summed E-state index contributed by atoms with van der Waals surface area (Å²) in [6, 6.07) is 0.168. The summed E-state index contributed by atoms with van der Waals surface area (Å²) in [5.41, 5.74) is 0.821. The van der Waals surface area contributed by atoms with Crippen LogP contribution in [-0.2, 0) is 23.9 Å². The van der Waals surface area contributed by atoms with Crippen molar-refractivity contribution in [2.24, 2.45) is 0 Å². The van der Waals surface area contributed by atoms with Crippen LogP contribution < -0.4 is 0 Å². The molecule has 0 radical (unpaired) electrons. The van der Waals surface area contributed by atoms with Crippen LogP contribution in [0.5, 0.6) is 0 Å². The molecule has 4 atom stereocenters. The van der Waals surface area contributed by atoms with Crippen LogP contribution in [-0.4, -0.2) is 59.3 Å². The topological polar surface area (TPSA) is 93.1 Å². The second-order valence-electron chi connectivity index (χ2n) is 6.98. The van der Waals surface area contributed by atoms with Crippen molar-refractivity contribution >= 4 is 17.9 Å². The highest BCUT2D eigenvalue weighted by Crippen LogP contribution is 2.37. The molecule has 25 heavy (non-hydrogen) atoms. The molecule has 2 fully saturated rings. The summed E-state index contributed by atoms with van der Waals surface area (Å²) in [6.07, 6.45) is 3.86. The van der Waals surface area contributed by atoms with E-state index in [1.54, 1.807) is 0 Å². The fourth-order valence-corrected chi connectivity index (χ4v) is 3.45. The largest absolute Gasteiger partial charge is 0.478 e. The monoisotopic (exact) mass is 351 g/mol. The molecule has 138 valence electrons. The lowest BCUT2D eigenvalue weighted by molar-refractivity contribution is -0.150. The van der Waals surface area contributed by atoms with Crippen molar-refractivity contribution in [1.82, 2.24) is 4.90 Å². The molecule has 2 bridgehead atoms. The summed E-state index contributed by atoms with van der Waals surface area (Å²) in [6.45, 7) is 5.02. The Labute approximate surface area is 147 Å². The second-order valence-corrected chi connectivity index (χ2v) is 6.98. The predicted octanol–water partition coefficient (Wildman–Crippen LogP) is 1.67. The lowest BCUT2D eigenvalue weighted by Crippen LogP contribution is -2.46. The number of hydrogen-bond acceptors (Lipinski definition) is 6. The number of ether oxygens (including phenoxy) is 2. The van der Waals surface area contributed by atoms with Crippen LogP contribution in [0.3, 0.4) is 0 Å². The highest BCUT2D eigenvalue weighted by atomic mass is 16.6. The van der Waals surface area contributed by atoms with Gasteiger partial charge < -0.3 is 14.6 Å². The molecule has 1 N–H and O–H groups in total. The molecule has 0 unspecified atom stereocenters. The van der Waals surface area contributed by atoms with Crippen molar-refractivity contribution in [2.75, 3.05) is 7.05 Å². The Hall–Kier alpha value is -2.15. The SMILES string of the molecule is CC(C)=CC(=O)O[C@@H]1C[C@H]2C[C@@H](OC(=O)/C=C(\C)C(=O)O)C[C@@H]1N2C. The lowest BCUT2D eigenvalue weighted by Gasteiger charge is -2.36. The molecule has 0 aromatic carbocycles. The van der Waals surface area contributed by atoms with E-state index in [4.69, 9.17) is 14.6 Å². The number of allylic oxidation sites excluding steroid dienone is 1.